The van der Waals surface area contributed by atoms with Crippen LogP contribution in [0.25, 0.3) is 22.1 Å². The van der Waals surface area contributed by atoms with Gasteiger partial charge in [-0.25, -0.2) is 0 Å². The number of fused-ring (bicyclic) bond motifs is 1. The molecule has 7 heteroatoms. The average Bonchev–Trinajstić information content (AvgIpc) is 2.70. The van der Waals surface area contributed by atoms with Crippen LogP contribution >= 0.6 is 0 Å². The second kappa shape index (κ2) is 7.80. The number of piperidine rings is 1. The Morgan fingerprint density at radius 1 is 1.17 bits per heavy atom. The molecule has 4 rings (SSSR count). The van der Waals surface area contributed by atoms with E-state index in [2.05, 4.69) is 6.92 Å². The molecule has 4 nitrogen and oxygen atoms in total. The molecule has 0 aliphatic carbocycles. The van der Waals surface area contributed by atoms with Gasteiger partial charge in [-0.15, -0.1) is 0 Å². The summed E-state index contributed by atoms with van der Waals surface area (Å²) in [5.74, 6) is -0.995. The molecule has 0 bridgehead atoms. The number of alkyl halides is 3. The molecule has 1 aliphatic heterocycles. The minimum atomic E-state index is -4.85. The summed E-state index contributed by atoms with van der Waals surface area (Å²) in [5, 5.41) is 10.5. The Balaban J connectivity index is 1.94. The number of phenols is 1. The Kier molecular flexibility index (Phi) is 5.32. The molecule has 2 N–H and O–H groups in total. The maximum atomic E-state index is 13.9. The molecule has 0 radical (unpaired) electrons. The lowest BCUT2D eigenvalue weighted by atomic mass is 9.98. The number of aromatic hydroxyl groups is 1. The summed E-state index contributed by atoms with van der Waals surface area (Å²) >= 11 is 0. The third-order valence-corrected chi connectivity index (χ3v) is 5.75. The first-order chi connectivity index (χ1) is 14.3. The van der Waals surface area contributed by atoms with Crippen molar-refractivity contribution < 1.29 is 27.6 Å². The molecule has 0 spiro atoms. The lowest BCUT2D eigenvalue weighted by Crippen LogP contribution is -3.12. The van der Waals surface area contributed by atoms with Gasteiger partial charge in [0.05, 0.1) is 29.6 Å². The van der Waals surface area contributed by atoms with Crippen molar-refractivity contribution in [2.75, 3.05) is 13.1 Å². The van der Waals surface area contributed by atoms with Crippen LogP contribution in [0.5, 0.6) is 5.75 Å². The highest BCUT2D eigenvalue weighted by molar-refractivity contribution is 5.86. The van der Waals surface area contributed by atoms with Gasteiger partial charge in [0, 0.05) is 5.92 Å². The Bertz CT molecular complexity index is 1120. The molecule has 1 aliphatic rings. The van der Waals surface area contributed by atoms with Gasteiger partial charge < -0.3 is 14.4 Å². The molecular weight excluding hydrogens is 395 g/mol. The summed E-state index contributed by atoms with van der Waals surface area (Å²) in [5.41, 5.74) is -1.05. The lowest BCUT2D eigenvalue weighted by Gasteiger charge is -2.28. The van der Waals surface area contributed by atoms with Crippen molar-refractivity contribution in [3.63, 3.8) is 0 Å². The molecular formula is C23H23F3NO3+. The smallest absolute Gasteiger partial charge is 0.450 e. The first-order valence-electron chi connectivity index (χ1n) is 10.0. The Morgan fingerprint density at radius 3 is 2.57 bits per heavy atom. The highest BCUT2D eigenvalue weighted by Gasteiger charge is 2.40. The van der Waals surface area contributed by atoms with Crippen LogP contribution in [0, 0.1) is 5.92 Å². The van der Waals surface area contributed by atoms with Crippen LogP contribution in [0.15, 0.2) is 51.7 Å². The van der Waals surface area contributed by atoms with Gasteiger partial charge in [-0.3, -0.25) is 4.79 Å². The van der Waals surface area contributed by atoms with Crippen LogP contribution in [0.3, 0.4) is 0 Å². The molecule has 0 saturated carbocycles. The number of rotatable bonds is 3. The van der Waals surface area contributed by atoms with Crippen LogP contribution < -0.4 is 10.3 Å². The lowest BCUT2D eigenvalue weighted by molar-refractivity contribution is -0.922. The number of quaternary nitrogens is 1. The van der Waals surface area contributed by atoms with Crippen molar-refractivity contribution in [1.82, 2.24) is 0 Å². The number of halogens is 3. The average molecular weight is 418 g/mol. The molecule has 2 heterocycles. The van der Waals surface area contributed by atoms with Crippen molar-refractivity contribution in [1.29, 1.82) is 0 Å². The van der Waals surface area contributed by atoms with Crippen molar-refractivity contribution in [2.24, 2.45) is 5.92 Å². The zero-order valence-corrected chi connectivity index (χ0v) is 16.6. The maximum Gasteiger partial charge on any atom is 0.450 e. The first-order valence-corrected chi connectivity index (χ1v) is 10.0. The van der Waals surface area contributed by atoms with E-state index in [4.69, 9.17) is 4.42 Å². The molecule has 2 atom stereocenters. The third-order valence-electron chi connectivity index (χ3n) is 5.75. The summed E-state index contributed by atoms with van der Waals surface area (Å²) in [7, 11) is 0. The van der Waals surface area contributed by atoms with Gasteiger partial charge in [-0.2, -0.15) is 13.2 Å². The minimum absolute atomic E-state index is 0.0408. The van der Waals surface area contributed by atoms with E-state index in [9.17, 15) is 23.1 Å². The molecule has 1 fully saturated rings. The van der Waals surface area contributed by atoms with E-state index in [0.29, 0.717) is 12.5 Å². The maximum absolute atomic E-state index is 13.9. The molecule has 1 saturated heterocycles. The van der Waals surface area contributed by atoms with Gasteiger partial charge in [-0.05, 0) is 30.5 Å². The molecule has 30 heavy (non-hydrogen) atoms. The normalized spacial score (nSPS) is 19.9. The minimum Gasteiger partial charge on any atom is -0.507 e. The molecule has 158 valence electrons. The highest BCUT2D eigenvalue weighted by atomic mass is 19.4. The second-order valence-electron chi connectivity index (χ2n) is 8.07. The number of phenolic OH excluding ortho intramolecular Hbond substituents is 1. The van der Waals surface area contributed by atoms with Gasteiger partial charge >= 0.3 is 6.18 Å². The van der Waals surface area contributed by atoms with E-state index >= 15 is 0 Å². The number of nitrogens with one attached hydrogen (secondary N) is 1. The summed E-state index contributed by atoms with van der Waals surface area (Å²) in [6.45, 7) is 4.15. The number of likely N-dealkylation sites (tertiary alicyclic amines) is 1. The number of benzene rings is 2. The van der Waals surface area contributed by atoms with E-state index in [1.54, 1.807) is 18.2 Å². The quantitative estimate of drug-likeness (QED) is 0.676. The topological polar surface area (TPSA) is 54.9 Å². The van der Waals surface area contributed by atoms with Crippen LogP contribution in [0.2, 0.25) is 0 Å². The second-order valence-corrected chi connectivity index (χ2v) is 8.07. The Morgan fingerprint density at radius 2 is 1.90 bits per heavy atom. The van der Waals surface area contributed by atoms with Crippen molar-refractivity contribution in [3.05, 3.63) is 64.0 Å². The summed E-state index contributed by atoms with van der Waals surface area (Å²) in [6.07, 6.45) is -2.73. The van der Waals surface area contributed by atoms with E-state index in [-0.39, 0.29) is 27.8 Å². The highest BCUT2D eigenvalue weighted by Crippen LogP contribution is 2.38. The predicted molar refractivity (Wildman–Crippen MR) is 107 cm³/mol. The van der Waals surface area contributed by atoms with Gasteiger partial charge in [0.25, 0.3) is 0 Å². The van der Waals surface area contributed by atoms with Gasteiger partial charge in [-0.1, -0.05) is 37.3 Å². The third kappa shape index (κ3) is 3.81. The summed E-state index contributed by atoms with van der Waals surface area (Å²) in [4.78, 5) is 14.3. The van der Waals surface area contributed by atoms with Crippen LogP contribution in [-0.2, 0) is 12.7 Å². The van der Waals surface area contributed by atoms with Crippen LogP contribution in [-0.4, -0.2) is 18.2 Å². The Labute approximate surface area is 171 Å². The molecule has 1 unspecified atom stereocenters. The SMILES string of the molecule is C[C@@H]1CCC[NH+](Cc2c(O)ccc3c(=O)c(-c4ccccc4)c(C(F)(F)F)oc23)C1. The number of hydrogen-bond acceptors (Lipinski definition) is 3. The van der Waals surface area contributed by atoms with Gasteiger partial charge in [0.1, 0.15) is 12.3 Å². The van der Waals surface area contributed by atoms with Gasteiger partial charge in [0.15, 0.2) is 5.58 Å². The largest absolute Gasteiger partial charge is 0.507 e. The summed E-state index contributed by atoms with van der Waals surface area (Å²) < 4.78 is 47.0. The zero-order chi connectivity index (χ0) is 21.5. The van der Waals surface area contributed by atoms with E-state index in [1.807, 2.05) is 0 Å². The molecule has 1 aromatic heterocycles. The predicted octanol–water partition coefficient (Wildman–Crippen LogP) is 4.00. The van der Waals surface area contributed by atoms with E-state index < -0.39 is 22.9 Å². The van der Waals surface area contributed by atoms with E-state index in [1.165, 1.54) is 24.3 Å². The Hall–Kier alpha value is -2.80. The van der Waals surface area contributed by atoms with Gasteiger partial charge in [0.2, 0.25) is 11.2 Å². The zero-order valence-electron chi connectivity index (χ0n) is 16.6. The van der Waals surface area contributed by atoms with Crippen molar-refractivity contribution >= 4 is 11.0 Å². The monoisotopic (exact) mass is 418 g/mol. The number of hydrogen-bond donors (Lipinski definition) is 2. The standard InChI is InChI=1S/C23H22F3NO3/c1-14-6-5-11-27(12-14)13-17-18(28)10-9-16-20(29)19(15-7-3-2-4-8-15)22(23(24,25)26)30-21(16)17/h2-4,7-10,14,28H,5-6,11-13H2,1H3/p+1/t14-/m1/s1. The molecule has 2 aromatic carbocycles. The van der Waals surface area contributed by atoms with E-state index in [0.717, 1.165) is 30.8 Å². The fraction of sp³-hybridized carbons (Fsp3) is 0.348. The molecule has 0 amide bonds. The van der Waals surface area contributed by atoms with Crippen LogP contribution in [0.1, 0.15) is 31.1 Å². The summed E-state index contributed by atoms with van der Waals surface area (Å²) in [6, 6.07) is 10.4. The first kappa shape index (κ1) is 20.5. The fourth-order valence-corrected chi connectivity index (χ4v) is 4.35. The van der Waals surface area contributed by atoms with Crippen molar-refractivity contribution in [3.8, 4) is 16.9 Å². The van der Waals surface area contributed by atoms with Crippen molar-refractivity contribution in [2.45, 2.75) is 32.5 Å². The van der Waals surface area contributed by atoms with Crippen LogP contribution in [0.4, 0.5) is 13.2 Å². The fourth-order valence-electron chi connectivity index (χ4n) is 4.35. The molecule has 3 aromatic rings.